The van der Waals surface area contributed by atoms with Crippen LogP contribution in [0, 0.1) is 0 Å². The van der Waals surface area contributed by atoms with Gasteiger partial charge < -0.3 is 5.73 Å². The lowest BCUT2D eigenvalue weighted by Crippen LogP contribution is -2.22. The number of benzene rings is 1. The van der Waals surface area contributed by atoms with Crippen molar-refractivity contribution < 1.29 is 13.2 Å². The fourth-order valence-corrected chi connectivity index (χ4v) is 2.79. The van der Waals surface area contributed by atoms with Crippen molar-refractivity contribution in [1.29, 1.82) is 0 Å². The molecule has 2 rings (SSSR count). The van der Waals surface area contributed by atoms with E-state index in [1.165, 1.54) is 12.1 Å². The van der Waals surface area contributed by atoms with Crippen molar-refractivity contribution >= 4 is 15.9 Å². The van der Waals surface area contributed by atoms with Crippen LogP contribution in [0.5, 0.6) is 0 Å². The second-order valence-corrected chi connectivity index (χ2v) is 5.52. The molecule has 0 spiro atoms. The molecule has 7 heteroatoms. The Morgan fingerprint density at radius 2 is 2.00 bits per heavy atom. The van der Waals surface area contributed by atoms with Crippen LogP contribution in [0.15, 0.2) is 34.9 Å². The van der Waals surface area contributed by atoms with E-state index >= 15 is 0 Å². The Labute approximate surface area is 129 Å². The topological polar surface area (TPSA) is 43.8 Å². The van der Waals surface area contributed by atoms with Crippen molar-refractivity contribution in [2.75, 3.05) is 0 Å². The maximum atomic E-state index is 13.1. The number of rotatable bonds is 4. The van der Waals surface area contributed by atoms with E-state index in [1.54, 1.807) is 16.9 Å². The van der Waals surface area contributed by atoms with E-state index in [9.17, 15) is 13.2 Å². The minimum Gasteiger partial charge on any atom is -0.319 e. The molecule has 0 aliphatic carbocycles. The lowest BCUT2D eigenvalue weighted by atomic mass is 9.98. The van der Waals surface area contributed by atoms with Crippen molar-refractivity contribution in [1.82, 2.24) is 9.78 Å². The first-order valence-corrected chi connectivity index (χ1v) is 7.28. The van der Waals surface area contributed by atoms with Gasteiger partial charge in [-0.2, -0.15) is 18.3 Å². The zero-order valence-corrected chi connectivity index (χ0v) is 12.9. The molecule has 0 radical (unpaired) electrons. The van der Waals surface area contributed by atoms with Crippen LogP contribution in [0.25, 0.3) is 0 Å². The first-order chi connectivity index (χ1) is 9.86. The normalized spacial score (nSPS) is 13.4. The van der Waals surface area contributed by atoms with Crippen LogP contribution >= 0.6 is 15.9 Å². The highest BCUT2D eigenvalue weighted by Crippen LogP contribution is 2.37. The average molecular weight is 362 g/mol. The van der Waals surface area contributed by atoms with E-state index in [1.807, 2.05) is 6.92 Å². The van der Waals surface area contributed by atoms with E-state index < -0.39 is 17.8 Å². The first-order valence-electron chi connectivity index (χ1n) is 6.49. The Bertz CT molecular complexity index is 622. The number of hydrogen-bond acceptors (Lipinski definition) is 2. The Kier molecular flexibility index (Phi) is 4.73. The van der Waals surface area contributed by atoms with Gasteiger partial charge in [0.15, 0.2) is 0 Å². The molecule has 1 atom stereocenters. The maximum absolute atomic E-state index is 13.1. The van der Waals surface area contributed by atoms with Crippen molar-refractivity contribution in [3.63, 3.8) is 0 Å². The Morgan fingerprint density at radius 1 is 1.33 bits per heavy atom. The molecule has 21 heavy (non-hydrogen) atoms. The number of aryl methyl sites for hydroxylation is 1. The molecule has 0 saturated heterocycles. The molecule has 0 aliphatic rings. The third-order valence-corrected chi connectivity index (χ3v) is 3.78. The summed E-state index contributed by atoms with van der Waals surface area (Å²) in [5, 5.41) is 4.15. The highest BCUT2D eigenvalue weighted by Gasteiger charge is 2.35. The molecule has 1 heterocycles. The number of nitrogens with zero attached hydrogens (tertiary/aromatic N) is 2. The molecule has 0 amide bonds. The molecule has 0 fully saturated rings. The molecular formula is C14H15BrF3N3. The van der Waals surface area contributed by atoms with Crippen LogP contribution < -0.4 is 5.73 Å². The molecule has 1 aromatic carbocycles. The average Bonchev–Trinajstić information content (AvgIpc) is 2.79. The summed E-state index contributed by atoms with van der Waals surface area (Å²) in [6.45, 7) is 2.57. The van der Waals surface area contributed by atoms with Gasteiger partial charge in [-0.05, 0) is 34.0 Å². The van der Waals surface area contributed by atoms with Gasteiger partial charge in [0.1, 0.15) is 0 Å². The summed E-state index contributed by atoms with van der Waals surface area (Å²) in [7, 11) is 0. The molecule has 1 unspecified atom stereocenters. The summed E-state index contributed by atoms with van der Waals surface area (Å²) in [4.78, 5) is 0. The second kappa shape index (κ2) is 6.19. The van der Waals surface area contributed by atoms with Crippen LogP contribution in [0.3, 0.4) is 0 Å². The van der Waals surface area contributed by atoms with Gasteiger partial charge in [-0.3, -0.25) is 4.68 Å². The van der Waals surface area contributed by atoms with Crippen LogP contribution in [0.4, 0.5) is 13.2 Å². The van der Waals surface area contributed by atoms with Crippen molar-refractivity contribution in [2.45, 2.75) is 32.1 Å². The number of aromatic nitrogens is 2. The Hall–Kier alpha value is -1.34. The standard InChI is InChI=1S/C14H15BrF3N3/c1-2-7-21-13(11(15)8-20-21)12(19)9-5-3-4-6-10(9)14(16,17)18/h3-6,8,12H,2,7,19H2,1H3. The number of halogens is 4. The quantitative estimate of drug-likeness (QED) is 0.889. The summed E-state index contributed by atoms with van der Waals surface area (Å²) < 4.78 is 41.6. The molecule has 0 bridgehead atoms. The van der Waals surface area contributed by atoms with Crippen molar-refractivity contribution in [2.24, 2.45) is 5.73 Å². The zero-order chi connectivity index (χ0) is 15.6. The van der Waals surface area contributed by atoms with Gasteiger partial charge in [-0.15, -0.1) is 0 Å². The van der Waals surface area contributed by atoms with Crippen molar-refractivity contribution in [3.05, 3.63) is 51.8 Å². The Morgan fingerprint density at radius 3 is 2.62 bits per heavy atom. The summed E-state index contributed by atoms with van der Waals surface area (Å²) in [5.74, 6) is 0. The maximum Gasteiger partial charge on any atom is 0.416 e. The lowest BCUT2D eigenvalue weighted by molar-refractivity contribution is -0.138. The van der Waals surface area contributed by atoms with E-state index in [2.05, 4.69) is 21.0 Å². The molecule has 114 valence electrons. The molecule has 1 aromatic heterocycles. The molecule has 0 saturated carbocycles. The highest BCUT2D eigenvalue weighted by atomic mass is 79.9. The molecule has 0 aliphatic heterocycles. The highest BCUT2D eigenvalue weighted by molar-refractivity contribution is 9.10. The number of alkyl halides is 3. The second-order valence-electron chi connectivity index (χ2n) is 4.66. The van der Waals surface area contributed by atoms with Crippen molar-refractivity contribution in [3.8, 4) is 0 Å². The van der Waals surface area contributed by atoms with Gasteiger partial charge in [-0.25, -0.2) is 0 Å². The third kappa shape index (κ3) is 3.29. The fourth-order valence-electron chi connectivity index (χ4n) is 2.24. The fraction of sp³-hybridized carbons (Fsp3) is 0.357. The van der Waals surface area contributed by atoms with E-state index in [4.69, 9.17) is 5.73 Å². The summed E-state index contributed by atoms with van der Waals surface area (Å²) in [5.41, 5.74) is 5.98. The van der Waals surface area contributed by atoms with E-state index in [0.29, 0.717) is 16.7 Å². The number of hydrogen-bond donors (Lipinski definition) is 1. The van der Waals surface area contributed by atoms with Gasteiger partial charge >= 0.3 is 6.18 Å². The SMILES string of the molecule is CCCn1ncc(Br)c1C(N)c1ccccc1C(F)(F)F. The van der Waals surface area contributed by atoms with Gasteiger partial charge in [0.2, 0.25) is 0 Å². The van der Waals surface area contributed by atoms with Gasteiger partial charge in [0.05, 0.1) is 28.0 Å². The summed E-state index contributed by atoms with van der Waals surface area (Å²) in [6, 6.07) is 4.47. The zero-order valence-electron chi connectivity index (χ0n) is 11.4. The summed E-state index contributed by atoms with van der Waals surface area (Å²) >= 11 is 3.32. The summed E-state index contributed by atoms with van der Waals surface area (Å²) in [6.07, 6.45) is -2.06. The van der Waals surface area contributed by atoms with Crippen LogP contribution in [-0.4, -0.2) is 9.78 Å². The van der Waals surface area contributed by atoms with Gasteiger partial charge in [0, 0.05) is 6.54 Å². The van der Waals surface area contributed by atoms with Crippen LogP contribution in [-0.2, 0) is 12.7 Å². The first kappa shape index (κ1) is 16.0. The molecule has 2 aromatic rings. The van der Waals surface area contributed by atoms with Gasteiger partial charge in [0.25, 0.3) is 0 Å². The largest absolute Gasteiger partial charge is 0.416 e. The number of nitrogens with two attached hydrogens (primary N) is 1. The third-order valence-electron chi connectivity index (χ3n) is 3.16. The van der Waals surface area contributed by atoms with Crippen LogP contribution in [0.2, 0.25) is 0 Å². The predicted molar refractivity (Wildman–Crippen MR) is 77.7 cm³/mol. The Balaban J connectivity index is 2.51. The smallest absolute Gasteiger partial charge is 0.319 e. The predicted octanol–water partition coefficient (Wildman–Crippen LogP) is 4.12. The van der Waals surface area contributed by atoms with Gasteiger partial charge in [-0.1, -0.05) is 25.1 Å². The van der Waals surface area contributed by atoms with Crippen LogP contribution in [0.1, 0.15) is 36.2 Å². The lowest BCUT2D eigenvalue weighted by Gasteiger charge is -2.20. The molecule has 2 N–H and O–H groups in total. The monoisotopic (exact) mass is 361 g/mol. The van der Waals surface area contributed by atoms with E-state index in [-0.39, 0.29) is 5.56 Å². The molecule has 3 nitrogen and oxygen atoms in total. The minimum absolute atomic E-state index is 0.0450. The minimum atomic E-state index is -4.43. The molecular weight excluding hydrogens is 347 g/mol. The van der Waals surface area contributed by atoms with E-state index in [0.717, 1.165) is 12.5 Å².